The van der Waals surface area contributed by atoms with Crippen LogP contribution in [0.5, 0.6) is 11.5 Å². The number of rotatable bonds is 18. The first-order valence-corrected chi connectivity index (χ1v) is 22.3. The Labute approximate surface area is 410 Å². The number of aromatic nitrogens is 2. The largest absolute Gasteiger partial charge is 0.492 e. The fraction of sp³-hybridized carbons (Fsp3) is 0.113. The van der Waals surface area contributed by atoms with Crippen LogP contribution in [0.15, 0.2) is 134 Å². The number of fused-ring (bicyclic) bond motifs is 2. The molecule has 0 aliphatic carbocycles. The molecule has 0 radical (unpaired) electrons. The molecule has 72 heavy (non-hydrogen) atoms. The minimum Gasteiger partial charge on any atom is -0.492 e. The Morgan fingerprint density at radius 2 is 0.931 bits per heavy atom. The highest BCUT2D eigenvalue weighted by Gasteiger charge is 2.26. The van der Waals surface area contributed by atoms with Crippen molar-refractivity contribution < 1.29 is 53.2 Å². The third-order valence-electron chi connectivity index (χ3n) is 11.7. The van der Waals surface area contributed by atoms with Crippen LogP contribution in [-0.4, -0.2) is 86.7 Å². The van der Waals surface area contributed by atoms with Crippen LogP contribution in [0.25, 0.3) is 11.0 Å². The lowest BCUT2D eigenvalue weighted by Crippen LogP contribution is -2.39. The third-order valence-corrected chi connectivity index (χ3v) is 11.7. The van der Waals surface area contributed by atoms with Crippen molar-refractivity contribution in [3.8, 4) is 11.5 Å². The van der Waals surface area contributed by atoms with Gasteiger partial charge in [-0.3, -0.25) is 19.2 Å². The number of carbonyl (C=O) groups is 7. The van der Waals surface area contributed by atoms with E-state index in [1.807, 2.05) is 0 Å². The van der Waals surface area contributed by atoms with Gasteiger partial charge in [0.1, 0.15) is 24.7 Å². The molecular formula is C53H46N8O11. The van der Waals surface area contributed by atoms with E-state index >= 15 is 0 Å². The lowest BCUT2D eigenvalue weighted by molar-refractivity contribution is 0.0687. The smallest absolute Gasteiger partial charge is 0.337 e. The number of carboxylic acids is 2. The third kappa shape index (κ3) is 10.1. The molecule has 0 bridgehead atoms. The van der Waals surface area contributed by atoms with Gasteiger partial charge in [0.2, 0.25) is 11.6 Å². The first kappa shape index (κ1) is 48.5. The standard InChI is InChI=1S/C53H46N8O11/c1-29-43(41-13-3-5-21-60(41)45(29)47(62)31-15-17-39(54)37(27-31)51(66)67)58-49(64)33-9-7-11-35(25-33)71-23-19-56-53(70)57-20-24-72-36-12-8-10-34(26-36)50(65)59-44-30(2)46(61-22-6-4-14-42(44)61)48(63)32-16-18-40(55)38(28-32)52(68)69/h3-18,21-22,25-28H,19-20,23-24,54-55H2,1-2H3,(H,58,64)(H,59,65)(H,66,67)(H,68,69)(H2,56,57,70). The van der Waals surface area contributed by atoms with Crippen LogP contribution < -0.4 is 42.2 Å². The van der Waals surface area contributed by atoms with E-state index < -0.39 is 41.4 Å². The molecule has 4 heterocycles. The second kappa shape index (κ2) is 20.8. The first-order chi connectivity index (χ1) is 34.6. The predicted octanol–water partition coefficient (Wildman–Crippen LogP) is 7.09. The summed E-state index contributed by atoms with van der Waals surface area (Å²) >= 11 is 0. The summed E-state index contributed by atoms with van der Waals surface area (Å²) in [5.74, 6) is -3.67. The summed E-state index contributed by atoms with van der Waals surface area (Å²) in [5, 5.41) is 30.3. The average Bonchev–Trinajstić information content (AvgIpc) is 3.81. The summed E-state index contributed by atoms with van der Waals surface area (Å²) < 4.78 is 14.9. The van der Waals surface area contributed by atoms with Crippen molar-refractivity contribution in [3.05, 3.63) is 190 Å². The number of hydrogen-bond acceptors (Lipinski definition) is 11. The Morgan fingerprint density at radius 3 is 1.33 bits per heavy atom. The fourth-order valence-electron chi connectivity index (χ4n) is 8.13. The summed E-state index contributed by atoms with van der Waals surface area (Å²) in [5.41, 5.74) is 15.3. The van der Waals surface area contributed by atoms with Crippen LogP contribution in [0.3, 0.4) is 0 Å². The highest BCUT2D eigenvalue weighted by atomic mass is 16.5. The van der Waals surface area contributed by atoms with E-state index in [1.165, 1.54) is 36.4 Å². The van der Waals surface area contributed by atoms with Gasteiger partial charge in [0.05, 0.1) is 58.0 Å². The Balaban J connectivity index is 0.810. The van der Waals surface area contributed by atoms with Crippen molar-refractivity contribution in [1.29, 1.82) is 0 Å². The molecule has 19 heteroatoms. The van der Waals surface area contributed by atoms with E-state index in [9.17, 15) is 43.8 Å². The quantitative estimate of drug-likeness (QED) is 0.0242. The van der Waals surface area contributed by atoms with Crippen molar-refractivity contribution in [2.75, 3.05) is 48.4 Å². The number of amides is 4. The van der Waals surface area contributed by atoms with Gasteiger partial charge < -0.3 is 61.2 Å². The molecule has 0 fully saturated rings. The van der Waals surface area contributed by atoms with Gasteiger partial charge in [0, 0.05) is 57.1 Å². The Morgan fingerprint density at radius 1 is 0.514 bits per heavy atom. The van der Waals surface area contributed by atoms with Gasteiger partial charge in [0.25, 0.3) is 11.8 Å². The molecule has 4 aromatic carbocycles. The zero-order valence-corrected chi connectivity index (χ0v) is 38.6. The molecule has 19 nitrogen and oxygen atoms in total. The molecule has 4 aromatic heterocycles. The summed E-state index contributed by atoms with van der Waals surface area (Å²) in [4.78, 5) is 90.7. The lowest BCUT2D eigenvalue weighted by atomic mass is 10.0. The summed E-state index contributed by atoms with van der Waals surface area (Å²) in [6, 6.07) is 31.0. The zero-order valence-electron chi connectivity index (χ0n) is 38.6. The minimum atomic E-state index is -1.27. The number of urea groups is 1. The van der Waals surface area contributed by atoms with Crippen LogP contribution >= 0.6 is 0 Å². The maximum Gasteiger partial charge on any atom is 0.337 e. The predicted molar refractivity (Wildman–Crippen MR) is 268 cm³/mol. The molecule has 364 valence electrons. The van der Waals surface area contributed by atoms with E-state index in [2.05, 4.69) is 21.3 Å². The first-order valence-electron chi connectivity index (χ1n) is 22.3. The number of nitrogens with zero attached hydrogens (tertiary/aromatic N) is 2. The number of hydrogen-bond donors (Lipinski definition) is 8. The van der Waals surface area contributed by atoms with Crippen molar-refractivity contribution in [2.24, 2.45) is 0 Å². The number of ketones is 2. The van der Waals surface area contributed by atoms with E-state index in [0.717, 1.165) is 0 Å². The number of pyridine rings is 2. The van der Waals surface area contributed by atoms with Gasteiger partial charge in [-0.05, 0) is 111 Å². The van der Waals surface area contributed by atoms with Crippen molar-refractivity contribution in [2.45, 2.75) is 13.8 Å². The average molecular weight is 971 g/mol. The number of benzene rings is 4. The van der Waals surface area contributed by atoms with Crippen LogP contribution in [-0.2, 0) is 0 Å². The molecular weight excluding hydrogens is 925 g/mol. The van der Waals surface area contributed by atoms with Gasteiger partial charge in [-0.2, -0.15) is 0 Å². The Bertz CT molecular complexity index is 3280. The number of carboxylic acid groups (broad SMARTS) is 2. The molecule has 8 aromatic rings. The van der Waals surface area contributed by atoms with Crippen LogP contribution in [0.1, 0.15) is 84.7 Å². The SMILES string of the molecule is Cc1c(NC(=O)c2cccc(OCCNC(=O)NCCOc3cccc(C(=O)Nc4c(C)c(C(=O)c5ccc(N)c(C(=O)O)c5)n5ccccc45)c3)c2)c2ccccn2c1C(=O)c1ccc(N)c(C(=O)O)c1. The number of nitrogens with two attached hydrogens (primary N) is 2. The second-order valence-electron chi connectivity index (χ2n) is 16.3. The van der Waals surface area contributed by atoms with Crippen molar-refractivity contribution in [3.63, 3.8) is 0 Å². The summed E-state index contributed by atoms with van der Waals surface area (Å²) in [6.45, 7) is 3.76. The van der Waals surface area contributed by atoms with Gasteiger partial charge in [-0.15, -0.1) is 0 Å². The topological polar surface area (TPSA) is 287 Å². The van der Waals surface area contributed by atoms with Gasteiger partial charge >= 0.3 is 18.0 Å². The fourth-order valence-corrected chi connectivity index (χ4v) is 8.13. The van der Waals surface area contributed by atoms with Crippen LogP contribution in [0.2, 0.25) is 0 Å². The maximum atomic E-state index is 13.8. The maximum absolute atomic E-state index is 13.8. The Hall–Kier alpha value is -9.91. The Kier molecular flexibility index (Phi) is 14.0. The molecule has 0 aliphatic rings. The molecule has 0 unspecified atom stereocenters. The van der Waals surface area contributed by atoms with E-state index in [-0.39, 0.29) is 82.4 Å². The van der Waals surface area contributed by atoms with Gasteiger partial charge in [-0.1, -0.05) is 24.3 Å². The molecule has 4 amide bonds. The number of aromatic carboxylic acids is 2. The summed E-state index contributed by atoms with van der Waals surface area (Å²) in [6.07, 6.45) is 3.35. The normalized spacial score (nSPS) is 10.9. The minimum absolute atomic E-state index is 0.0231. The van der Waals surface area contributed by atoms with Crippen molar-refractivity contribution >= 4 is 75.1 Å². The molecule has 0 spiro atoms. The van der Waals surface area contributed by atoms with E-state index in [0.29, 0.717) is 45.0 Å². The molecule has 0 atom stereocenters. The number of carbonyl (C=O) groups excluding carboxylic acids is 5. The van der Waals surface area contributed by atoms with Crippen molar-refractivity contribution in [1.82, 2.24) is 19.4 Å². The molecule has 10 N–H and O–H groups in total. The molecule has 8 rings (SSSR count). The van der Waals surface area contributed by atoms with E-state index in [4.69, 9.17) is 20.9 Å². The van der Waals surface area contributed by atoms with Crippen LogP contribution in [0, 0.1) is 13.8 Å². The molecule has 0 aliphatic heterocycles. The highest BCUT2D eigenvalue weighted by molar-refractivity contribution is 6.16. The summed E-state index contributed by atoms with van der Waals surface area (Å²) in [7, 11) is 0. The lowest BCUT2D eigenvalue weighted by Gasteiger charge is -2.11. The number of nitrogens with one attached hydrogen (secondary N) is 4. The highest BCUT2D eigenvalue weighted by Crippen LogP contribution is 2.33. The monoisotopic (exact) mass is 970 g/mol. The molecule has 0 saturated heterocycles. The van der Waals surface area contributed by atoms with E-state index in [1.54, 1.807) is 120 Å². The van der Waals surface area contributed by atoms with Gasteiger partial charge in [0.15, 0.2) is 0 Å². The number of ether oxygens (including phenoxy) is 2. The van der Waals surface area contributed by atoms with Crippen LogP contribution in [0.4, 0.5) is 27.5 Å². The number of anilines is 4. The molecule has 0 saturated carbocycles. The van der Waals surface area contributed by atoms with Gasteiger partial charge in [-0.25, -0.2) is 14.4 Å². The second-order valence-corrected chi connectivity index (χ2v) is 16.3. The number of nitrogen functional groups attached to an aromatic ring is 2. The zero-order chi connectivity index (χ0) is 51.2.